The van der Waals surface area contributed by atoms with Gasteiger partial charge in [0.25, 0.3) is 0 Å². The molecule has 1 aromatic carbocycles. The number of urea groups is 1. The number of carbonyl (C=O) groups is 4. The number of hydrogen-bond acceptors (Lipinski definition) is 8. The molecule has 10 nitrogen and oxygen atoms in total. The van der Waals surface area contributed by atoms with Crippen LogP contribution >= 0.6 is 0 Å². The Morgan fingerprint density at radius 1 is 0.667 bits per heavy atom. The van der Waals surface area contributed by atoms with Crippen LogP contribution in [0.1, 0.15) is 106 Å². The summed E-state index contributed by atoms with van der Waals surface area (Å²) in [5, 5.41) is 8.67. The van der Waals surface area contributed by atoms with E-state index in [0.717, 1.165) is 25.9 Å². The van der Waals surface area contributed by atoms with Gasteiger partial charge in [0.1, 0.15) is 28.9 Å². The third-order valence-electron chi connectivity index (χ3n) is 5.57. The molecule has 0 saturated carbocycles. The van der Waals surface area contributed by atoms with E-state index in [9.17, 15) is 19.2 Å². The van der Waals surface area contributed by atoms with E-state index in [1.54, 1.807) is 62.3 Å². The maximum absolute atomic E-state index is 13.0. The molecule has 0 unspecified atom stereocenters. The quantitative estimate of drug-likeness (QED) is 0.144. The van der Waals surface area contributed by atoms with Crippen molar-refractivity contribution in [2.45, 2.75) is 136 Å². The topological polar surface area (TPSA) is 132 Å². The third-order valence-corrected chi connectivity index (χ3v) is 5.57. The lowest BCUT2D eigenvalue weighted by Crippen LogP contribution is -2.53. The van der Waals surface area contributed by atoms with E-state index in [1.807, 2.05) is 18.2 Å². The fourth-order valence-corrected chi connectivity index (χ4v) is 3.86. The average molecular weight is 592 g/mol. The van der Waals surface area contributed by atoms with Crippen LogP contribution in [0, 0.1) is 0 Å². The van der Waals surface area contributed by atoms with Gasteiger partial charge in [0.15, 0.2) is 0 Å². The molecule has 1 aromatic rings. The Hall–Kier alpha value is -3.14. The minimum absolute atomic E-state index is 0.0235. The number of amides is 2. The molecule has 1 rings (SSSR count). The Morgan fingerprint density at radius 3 is 1.67 bits per heavy atom. The van der Waals surface area contributed by atoms with E-state index >= 15 is 0 Å². The van der Waals surface area contributed by atoms with Gasteiger partial charge in [-0.05, 0) is 93.7 Å². The highest BCUT2D eigenvalue weighted by Crippen LogP contribution is 2.15. The fraction of sp³-hybridized carbons (Fsp3) is 0.688. The maximum atomic E-state index is 13.0. The summed E-state index contributed by atoms with van der Waals surface area (Å²) in [7, 11) is 0. The summed E-state index contributed by atoms with van der Waals surface area (Å²) in [4.78, 5) is 51.1. The lowest BCUT2D eigenvalue weighted by molar-refractivity contribution is -0.159. The van der Waals surface area contributed by atoms with Crippen LogP contribution in [0.5, 0.6) is 0 Å². The molecular formula is C32H53N3O7. The Kier molecular flexibility index (Phi) is 15.0. The SMILES string of the molecule is CC(C)(C)OC(=O)CC[C@H](NC(=O)N[C@@H](CCCCCNCc1ccccc1)C(=O)OC(C)(C)C)C(=O)OC(C)(C)C. The second-order valence-corrected chi connectivity index (χ2v) is 13.4. The van der Waals surface area contributed by atoms with E-state index in [4.69, 9.17) is 14.2 Å². The molecule has 0 bridgehead atoms. The van der Waals surface area contributed by atoms with Crippen LogP contribution in [0.15, 0.2) is 30.3 Å². The van der Waals surface area contributed by atoms with Crippen molar-refractivity contribution in [1.82, 2.24) is 16.0 Å². The summed E-state index contributed by atoms with van der Waals surface area (Å²) in [5.41, 5.74) is -0.995. The van der Waals surface area contributed by atoms with E-state index in [-0.39, 0.29) is 12.8 Å². The highest BCUT2D eigenvalue weighted by atomic mass is 16.6. The third kappa shape index (κ3) is 18.3. The zero-order valence-corrected chi connectivity index (χ0v) is 27.1. The second-order valence-electron chi connectivity index (χ2n) is 13.4. The first-order valence-electron chi connectivity index (χ1n) is 14.8. The Labute approximate surface area is 252 Å². The van der Waals surface area contributed by atoms with E-state index in [1.165, 1.54) is 5.56 Å². The molecule has 0 aliphatic rings. The maximum Gasteiger partial charge on any atom is 0.329 e. The number of benzene rings is 1. The van der Waals surface area contributed by atoms with Crippen LogP contribution in [0.2, 0.25) is 0 Å². The molecule has 42 heavy (non-hydrogen) atoms. The Bertz CT molecular complexity index is 992. The summed E-state index contributed by atoms with van der Waals surface area (Å²) in [6, 6.07) is 7.39. The van der Waals surface area contributed by atoms with E-state index in [2.05, 4.69) is 28.1 Å². The molecule has 0 spiro atoms. The summed E-state index contributed by atoms with van der Waals surface area (Å²) < 4.78 is 16.3. The largest absolute Gasteiger partial charge is 0.460 e. The molecule has 0 fully saturated rings. The first-order chi connectivity index (χ1) is 19.3. The van der Waals surface area contributed by atoms with Gasteiger partial charge in [0, 0.05) is 13.0 Å². The molecule has 3 N–H and O–H groups in total. The van der Waals surface area contributed by atoms with Gasteiger partial charge in [-0.3, -0.25) is 4.79 Å². The Balaban J connectivity index is 2.76. The van der Waals surface area contributed by atoms with Gasteiger partial charge in [-0.2, -0.15) is 0 Å². The summed E-state index contributed by atoms with van der Waals surface area (Å²) in [6.45, 7) is 17.3. The first kappa shape index (κ1) is 36.9. The second kappa shape index (κ2) is 17.1. The molecule has 10 heteroatoms. The standard InChI is InChI=1S/C32H53N3O7/c1-30(2,3)40-26(36)20-19-25(28(38)42-32(7,8)9)35-29(39)34-24(27(37)41-31(4,5)6)18-14-11-15-21-33-22-23-16-12-10-13-17-23/h10,12-13,16-17,24-25,33H,11,14-15,18-22H2,1-9H3,(H2,34,35,39)/t24-,25-/m0/s1. The van der Waals surface area contributed by atoms with Gasteiger partial charge in [-0.1, -0.05) is 43.2 Å². The van der Waals surface area contributed by atoms with Crippen molar-refractivity contribution in [3.05, 3.63) is 35.9 Å². The number of carbonyl (C=O) groups excluding carboxylic acids is 4. The molecule has 2 amide bonds. The minimum Gasteiger partial charge on any atom is -0.460 e. The van der Waals surface area contributed by atoms with Crippen molar-refractivity contribution in [1.29, 1.82) is 0 Å². The van der Waals surface area contributed by atoms with Crippen molar-refractivity contribution < 1.29 is 33.4 Å². The first-order valence-corrected chi connectivity index (χ1v) is 14.8. The monoisotopic (exact) mass is 591 g/mol. The summed E-state index contributed by atoms with van der Waals surface area (Å²) in [6.07, 6.45) is 2.69. The summed E-state index contributed by atoms with van der Waals surface area (Å²) >= 11 is 0. The van der Waals surface area contributed by atoms with Crippen LogP contribution in [0.4, 0.5) is 4.79 Å². The summed E-state index contributed by atoms with van der Waals surface area (Å²) in [5.74, 6) is -1.73. The molecule has 238 valence electrons. The fourth-order valence-electron chi connectivity index (χ4n) is 3.86. The van der Waals surface area contributed by atoms with Crippen LogP contribution in [-0.4, -0.2) is 59.4 Å². The number of nitrogens with one attached hydrogen (secondary N) is 3. The molecule has 2 atom stereocenters. The lowest BCUT2D eigenvalue weighted by atomic mass is 10.1. The van der Waals surface area contributed by atoms with Crippen molar-refractivity contribution in [3.63, 3.8) is 0 Å². The minimum atomic E-state index is -1.12. The van der Waals surface area contributed by atoms with Gasteiger partial charge in [0.2, 0.25) is 0 Å². The van der Waals surface area contributed by atoms with Crippen LogP contribution in [-0.2, 0) is 35.1 Å². The van der Waals surface area contributed by atoms with Gasteiger partial charge < -0.3 is 30.2 Å². The average Bonchev–Trinajstić information content (AvgIpc) is 2.82. The number of hydrogen-bond donors (Lipinski definition) is 3. The zero-order valence-electron chi connectivity index (χ0n) is 27.1. The Morgan fingerprint density at radius 2 is 1.17 bits per heavy atom. The predicted octanol–water partition coefficient (Wildman–Crippen LogP) is 5.18. The molecule has 0 saturated heterocycles. The molecule has 0 aliphatic carbocycles. The van der Waals surface area contributed by atoms with Crippen LogP contribution < -0.4 is 16.0 Å². The van der Waals surface area contributed by atoms with Gasteiger partial charge in [-0.25, -0.2) is 14.4 Å². The number of esters is 3. The van der Waals surface area contributed by atoms with E-state index in [0.29, 0.717) is 12.8 Å². The zero-order chi connectivity index (χ0) is 32.0. The van der Waals surface area contributed by atoms with Crippen LogP contribution in [0.25, 0.3) is 0 Å². The van der Waals surface area contributed by atoms with Crippen molar-refractivity contribution in [3.8, 4) is 0 Å². The molecule has 0 heterocycles. The molecule has 0 aromatic heterocycles. The molecule has 0 aliphatic heterocycles. The van der Waals surface area contributed by atoms with Gasteiger partial charge >= 0.3 is 23.9 Å². The smallest absolute Gasteiger partial charge is 0.329 e. The number of rotatable bonds is 15. The van der Waals surface area contributed by atoms with Crippen LogP contribution in [0.3, 0.4) is 0 Å². The number of ether oxygens (including phenoxy) is 3. The highest BCUT2D eigenvalue weighted by molar-refractivity contribution is 5.87. The normalized spacial score (nSPS) is 13.5. The van der Waals surface area contributed by atoms with E-state index < -0.39 is 52.8 Å². The van der Waals surface area contributed by atoms with Crippen molar-refractivity contribution in [2.24, 2.45) is 0 Å². The van der Waals surface area contributed by atoms with Gasteiger partial charge in [-0.15, -0.1) is 0 Å². The van der Waals surface area contributed by atoms with Gasteiger partial charge in [0.05, 0.1) is 0 Å². The molecule has 0 radical (unpaired) electrons. The van der Waals surface area contributed by atoms with Crippen molar-refractivity contribution in [2.75, 3.05) is 6.54 Å². The highest BCUT2D eigenvalue weighted by Gasteiger charge is 2.31. The number of unbranched alkanes of at least 4 members (excludes halogenated alkanes) is 2. The van der Waals surface area contributed by atoms with Crippen molar-refractivity contribution >= 4 is 23.9 Å². The lowest BCUT2D eigenvalue weighted by Gasteiger charge is -2.27. The predicted molar refractivity (Wildman–Crippen MR) is 163 cm³/mol. The molecular weight excluding hydrogens is 538 g/mol.